The number of fused-ring (bicyclic) bond motifs is 2. The summed E-state index contributed by atoms with van der Waals surface area (Å²) in [6.07, 6.45) is -2.83. The third kappa shape index (κ3) is 5.79. The highest BCUT2D eigenvalue weighted by Gasteiger charge is 2.46. The van der Waals surface area contributed by atoms with Gasteiger partial charge in [0, 0.05) is 49.7 Å². The molecule has 1 aliphatic carbocycles. The molecular weight excluding hydrogens is 625 g/mol. The number of hydrogen-bond acceptors (Lipinski definition) is 10. The van der Waals surface area contributed by atoms with Crippen molar-refractivity contribution >= 4 is 22.4 Å². The van der Waals surface area contributed by atoms with Crippen molar-refractivity contribution in [3.8, 4) is 23.1 Å². The number of benzene rings is 1. The van der Waals surface area contributed by atoms with E-state index in [0.29, 0.717) is 38.7 Å². The molecule has 3 fully saturated rings. The van der Waals surface area contributed by atoms with Gasteiger partial charge in [-0.2, -0.15) is 23.1 Å². The van der Waals surface area contributed by atoms with Gasteiger partial charge in [0.05, 0.1) is 37.1 Å². The van der Waals surface area contributed by atoms with Gasteiger partial charge in [0.15, 0.2) is 5.82 Å². The zero-order valence-corrected chi connectivity index (χ0v) is 26.5. The lowest BCUT2D eigenvalue weighted by Gasteiger charge is -2.42. The quantitative estimate of drug-likeness (QED) is 0.273. The Morgan fingerprint density at radius 3 is 2.55 bits per heavy atom. The van der Waals surface area contributed by atoms with Crippen LogP contribution in [-0.4, -0.2) is 90.6 Å². The van der Waals surface area contributed by atoms with Crippen molar-refractivity contribution < 1.29 is 36.2 Å². The number of halogens is 5. The van der Waals surface area contributed by atoms with Gasteiger partial charge in [-0.3, -0.25) is 4.90 Å². The fraction of sp³-hybridized carbons (Fsp3) is 0.594. The molecule has 2 saturated heterocycles. The molecule has 0 amide bonds. The van der Waals surface area contributed by atoms with E-state index in [9.17, 15) is 17.6 Å². The number of pyridine rings is 1. The van der Waals surface area contributed by atoms with E-state index >= 15 is 4.39 Å². The van der Waals surface area contributed by atoms with Gasteiger partial charge in [0.25, 0.3) is 0 Å². The van der Waals surface area contributed by atoms with Crippen molar-refractivity contribution in [2.45, 2.75) is 64.4 Å². The first-order valence-electron chi connectivity index (χ1n) is 16.1. The molecule has 3 aromatic rings. The number of piperazine rings is 1. The molecule has 5 heterocycles. The molecule has 2 aromatic heterocycles. The van der Waals surface area contributed by atoms with Crippen LogP contribution in [0.25, 0.3) is 22.2 Å². The van der Waals surface area contributed by atoms with Crippen molar-refractivity contribution in [3.05, 3.63) is 28.8 Å². The SMILES string of the molecule is CC[C@@H]1CN2c3nc(OCC4(CN5CCOCC5)CC4)nc4c(F)c(-c5cc(N)c(F)c(C)c5C(F)(F)F)nc(c34)O[C@@H](C)[C@@H]2CN1. The van der Waals surface area contributed by atoms with Crippen LogP contribution < -0.4 is 25.4 Å². The van der Waals surface area contributed by atoms with Crippen LogP contribution in [0.3, 0.4) is 0 Å². The topological polar surface area (TPSA) is 111 Å². The fourth-order valence-corrected chi connectivity index (χ4v) is 7.01. The largest absolute Gasteiger partial charge is 0.472 e. The summed E-state index contributed by atoms with van der Waals surface area (Å²) in [4.78, 5) is 17.9. The van der Waals surface area contributed by atoms with Crippen LogP contribution in [0.15, 0.2) is 6.07 Å². The highest BCUT2D eigenvalue weighted by atomic mass is 19.4. The maximum atomic E-state index is 16.8. The van der Waals surface area contributed by atoms with Crippen LogP contribution >= 0.6 is 0 Å². The fourth-order valence-electron chi connectivity index (χ4n) is 7.01. The molecule has 7 rings (SSSR count). The first-order valence-corrected chi connectivity index (χ1v) is 16.1. The molecule has 0 unspecified atom stereocenters. The summed E-state index contributed by atoms with van der Waals surface area (Å²) in [5.74, 6) is -2.14. The highest BCUT2D eigenvalue weighted by Crippen LogP contribution is 2.48. The predicted octanol–water partition coefficient (Wildman–Crippen LogP) is 4.71. The maximum Gasteiger partial charge on any atom is 0.417 e. The van der Waals surface area contributed by atoms with Gasteiger partial charge in [-0.1, -0.05) is 6.92 Å². The van der Waals surface area contributed by atoms with E-state index in [-0.39, 0.29) is 40.3 Å². The Labute approximate surface area is 268 Å². The minimum Gasteiger partial charge on any atom is -0.472 e. The average molecular weight is 664 g/mol. The van der Waals surface area contributed by atoms with Gasteiger partial charge in [-0.25, -0.2) is 13.8 Å². The van der Waals surface area contributed by atoms with Gasteiger partial charge in [-0.05, 0) is 44.7 Å². The number of aromatic nitrogens is 3. The maximum absolute atomic E-state index is 16.8. The van der Waals surface area contributed by atoms with Gasteiger partial charge in [0.1, 0.15) is 34.3 Å². The molecule has 15 heteroatoms. The molecular formula is C32H38F5N7O3. The van der Waals surface area contributed by atoms with Gasteiger partial charge < -0.3 is 30.2 Å². The Morgan fingerprint density at radius 2 is 1.87 bits per heavy atom. The van der Waals surface area contributed by atoms with E-state index in [2.05, 4.69) is 27.1 Å². The van der Waals surface area contributed by atoms with Gasteiger partial charge >= 0.3 is 12.2 Å². The second-order valence-electron chi connectivity index (χ2n) is 13.2. The molecule has 4 aliphatic rings. The Kier molecular flexibility index (Phi) is 8.07. The summed E-state index contributed by atoms with van der Waals surface area (Å²) in [5, 5.41) is 3.64. The molecule has 254 valence electrons. The molecule has 3 N–H and O–H groups in total. The van der Waals surface area contributed by atoms with E-state index in [1.165, 1.54) is 0 Å². The Balaban J connectivity index is 1.38. The first-order chi connectivity index (χ1) is 22.4. The molecule has 0 bridgehead atoms. The molecule has 10 nitrogen and oxygen atoms in total. The molecule has 0 spiro atoms. The lowest BCUT2D eigenvalue weighted by Crippen LogP contribution is -2.60. The summed E-state index contributed by atoms with van der Waals surface area (Å²) >= 11 is 0. The number of ether oxygens (including phenoxy) is 3. The smallest absolute Gasteiger partial charge is 0.417 e. The van der Waals surface area contributed by atoms with Crippen molar-refractivity contribution in [1.82, 2.24) is 25.2 Å². The normalized spacial score (nSPS) is 24.1. The second-order valence-corrected chi connectivity index (χ2v) is 13.2. The Morgan fingerprint density at radius 1 is 1.13 bits per heavy atom. The van der Waals surface area contributed by atoms with Crippen molar-refractivity contribution in [1.29, 1.82) is 0 Å². The van der Waals surface area contributed by atoms with Crippen LogP contribution in [0.5, 0.6) is 11.9 Å². The van der Waals surface area contributed by atoms with Gasteiger partial charge in [-0.15, -0.1) is 0 Å². The number of nitrogen functional groups attached to an aromatic ring is 1. The molecule has 0 radical (unpaired) electrons. The highest BCUT2D eigenvalue weighted by molar-refractivity contribution is 5.97. The summed E-state index contributed by atoms with van der Waals surface area (Å²) in [6, 6.07) is 0.522. The number of rotatable bonds is 7. The molecule has 1 aromatic carbocycles. The minimum atomic E-state index is -5.04. The van der Waals surface area contributed by atoms with Gasteiger partial charge in [0.2, 0.25) is 5.88 Å². The van der Waals surface area contributed by atoms with Crippen LogP contribution in [0.2, 0.25) is 0 Å². The van der Waals surface area contributed by atoms with E-state index in [1.54, 1.807) is 0 Å². The Hall–Kier alpha value is -3.56. The zero-order valence-electron chi connectivity index (χ0n) is 26.5. The van der Waals surface area contributed by atoms with E-state index < -0.39 is 52.0 Å². The molecule has 3 aliphatic heterocycles. The number of hydrogen-bond donors (Lipinski definition) is 2. The molecule has 47 heavy (non-hydrogen) atoms. The van der Waals surface area contributed by atoms with Crippen LogP contribution in [-0.2, 0) is 10.9 Å². The Bertz CT molecular complexity index is 1700. The van der Waals surface area contributed by atoms with Crippen molar-refractivity contribution in [2.75, 3.05) is 63.2 Å². The number of nitrogens with zero attached hydrogens (tertiary/aromatic N) is 5. The van der Waals surface area contributed by atoms with Crippen LogP contribution in [0.1, 0.15) is 44.2 Å². The van der Waals surface area contributed by atoms with E-state index in [0.717, 1.165) is 51.9 Å². The van der Waals surface area contributed by atoms with Crippen molar-refractivity contribution in [3.63, 3.8) is 0 Å². The third-order valence-electron chi connectivity index (χ3n) is 9.94. The zero-order chi connectivity index (χ0) is 33.2. The standard InChI is InChI=1S/C32H38F5N7O3/c1-4-18-13-44-21(12-39-18)17(3)47-29-22-27(25(34)26(40-29)19-11-20(38)24(33)16(2)23(19)32(35,36)37)41-30(42-28(22)44)46-15-31(5-6-31)14-43-7-9-45-10-8-43/h11,17-18,21,39H,4-10,12-15,38H2,1-3H3/t17-,18+,21-/m0/s1. The number of anilines is 2. The lowest BCUT2D eigenvalue weighted by atomic mass is 9.96. The first kappa shape index (κ1) is 32.0. The summed E-state index contributed by atoms with van der Waals surface area (Å²) in [7, 11) is 0. The third-order valence-corrected chi connectivity index (χ3v) is 9.94. The van der Waals surface area contributed by atoms with E-state index in [1.807, 2.05) is 11.8 Å². The monoisotopic (exact) mass is 663 g/mol. The number of nitrogens with two attached hydrogens (primary N) is 1. The number of nitrogens with one attached hydrogen (secondary N) is 1. The number of alkyl halides is 3. The van der Waals surface area contributed by atoms with Crippen molar-refractivity contribution in [2.24, 2.45) is 5.41 Å². The predicted molar refractivity (Wildman–Crippen MR) is 165 cm³/mol. The van der Waals surface area contributed by atoms with Crippen LogP contribution in [0.4, 0.5) is 33.5 Å². The molecule has 3 atom stereocenters. The second kappa shape index (κ2) is 11.8. The van der Waals surface area contributed by atoms with Crippen LogP contribution in [0, 0.1) is 24.0 Å². The summed E-state index contributed by atoms with van der Waals surface area (Å²) < 4.78 is 92.6. The molecule has 1 saturated carbocycles. The lowest BCUT2D eigenvalue weighted by molar-refractivity contribution is -0.137. The average Bonchev–Trinajstić information content (AvgIpc) is 3.83. The summed E-state index contributed by atoms with van der Waals surface area (Å²) in [6.45, 7) is 10.0. The number of morpholine rings is 1. The summed E-state index contributed by atoms with van der Waals surface area (Å²) in [5.41, 5.74) is 1.26. The minimum absolute atomic E-state index is 0.0894. The van der Waals surface area contributed by atoms with E-state index in [4.69, 9.17) is 24.9 Å².